The first kappa shape index (κ1) is 33.4. The summed E-state index contributed by atoms with van der Waals surface area (Å²) in [6, 6.07) is 19.0. The molecule has 4 aromatic rings. The number of likely N-dealkylation sites (tertiary alicyclic amines) is 2. The summed E-state index contributed by atoms with van der Waals surface area (Å²) < 4.78 is 0. The second-order valence-corrected chi connectivity index (χ2v) is 13.0. The van der Waals surface area contributed by atoms with Gasteiger partial charge in [-0.3, -0.25) is 29.4 Å². The third-order valence-electron chi connectivity index (χ3n) is 9.50. The van der Waals surface area contributed by atoms with Gasteiger partial charge in [0.1, 0.15) is 11.4 Å². The summed E-state index contributed by atoms with van der Waals surface area (Å²) in [4.78, 5) is 39.8. The van der Waals surface area contributed by atoms with Crippen molar-refractivity contribution in [3.05, 3.63) is 107 Å². The van der Waals surface area contributed by atoms with Crippen molar-refractivity contribution >= 4 is 23.2 Å². The molecule has 6 rings (SSSR count). The number of carbonyl (C=O) groups is 2. The number of piperidine rings is 2. The summed E-state index contributed by atoms with van der Waals surface area (Å²) in [6.45, 7) is 8.85. The minimum atomic E-state index is -0.283. The number of nitrogens with one attached hydrogen (secondary N) is 2. The van der Waals surface area contributed by atoms with Crippen LogP contribution >= 0.6 is 0 Å². The van der Waals surface area contributed by atoms with E-state index >= 15 is 0 Å². The Kier molecular flexibility index (Phi) is 10.6. The van der Waals surface area contributed by atoms with Crippen molar-refractivity contribution in [3.63, 3.8) is 0 Å². The Labute approximate surface area is 281 Å². The maximum absolute atomic E-state index is 13.2. The number of carbonyl (C=O) groups excluding carboxylic acids is 2. The van der Waals surface area contributed by atoms with Crippen molar-refractivity contribution < 1.29 is 19.8 Å². The van der Waals surface area contributed by atoms with Crippen LogP contribution in [0.15, 0.2) is 73.1 Å². The van der Waals surface area contributed by atoms with E-state index in [0.29, 0.717) is 22.8 Å². The Morgan fingerprint density at radius 3 is 1.40 bits per heavy atom. The van der Waals surface area contributed by atoms with Gasteiger partial charge in [-0.25, -0.2) is 0 Å². The Hall–Kier alpha value is -4.48. The lowest BCUT2D eigenvalue weighted by Gasteiger charge is -2.29. The fourth-order valence-corrected chi connectivity index (χ4v) is 6.47. The van der Waals surface area contributed by atoms with Gasteiger partial charge in [-0.15, -0.1) is 0 Å². The highest BCUT2D eigenvalue weighted by Crippen LogP contribution is 2.34. The minimum Gasteiger partial charge on any atom is -0.393 e. The molecule has 2 aromatic heterocycles. The smallest absolute Gasteiger partial charge is 0.274 e. The fraction of sp³-hybridized carbons (Fsp3) is 0.368. The monoisotopic (exact) mass is 648 g/mol. The van der Waals surface area contributed by atoms with Crippen LogP contribution in [0, 0.1) is 13.8 Å². The number of hydrogen-bond acceptors (Lipinski definition) is 8. The van der Waals surface area contributed by atoms with E-state index in [0.717, 1.165) is 98.3 Å². The first-order valence-corrected chi connectivity index (χ1v) is 16.8. The van der Waals surface area contributed by atoms with Gasteiger partial charge in [0.2, 0.25) is 0 Å². The van der Waals surface area contributed by atoms with E-state index in [1.807, 2.05) is 62.4 Å². The van der Waals surface area contributed by atoms with E-state index in [9.17, 15) is 19.8 Å². The average Bonchev–Trinajstić information content (AvgIpc) is 3.09. The van der Waals surface area contributed by atoms with Crippen LogP contribution in [-0.4, -0.2) is 80.2 Å². The molecule has 250 valence electrons. The summed E-state index contributed by atoms with van der Waals surface area (Å²) in [7, 11) is 0. The number of amides is 2. The molecule has 4 heterocycles. The van der Waals surface area contributed by atoms with Gasteiger partial charge >= 0.3 is 0 Å². The number of aliphatic hydroxyl groups excluding tert-OH is 2. The second-order valence-electron chi connectivity index (χ2n) is 13.0. The Bertz CT molecular complexity index is 1600. The van der Waals surface area contributed by atoms with Crippen molar-refractivity contribution in [1.29, 1.82) is 0 Å². The van der Waals surface area contributed by atoms with Gasteiger partial charge in [0.05, 0.1) is 12.2 Å². The van der Waals surface area contributed by atoms with Gasteiger partial charge in [-0.1, -0.05) is 36.4 Å². The molecule has 0 atom stereocenters. The van der Waals surface area contributed by atoms with Crippen LogP contribution in [0.5, 0.6) is 0 Å². The van der Waals surface area contributed by atoms with Gasteiger partial charge < -0.3 is 20.8 Å². The topological polar surface area (TPSA) is 131 Å². The van der Waals surface area contributed by atoms with Crippen molar-refractivity contribution in [2.24, 2.45) is 0 Å². The summed E-state index contributed by atoms with van der Waals surface area (Å²) in [5.74, 6) is -0.567. The van der Waals surface area contributed by atoms with E-state index in [-0.39, 0.29) is 24.0 Å². The predicted molar refractivity (Wildman–Crippen MR) is 187 cm³/mol. The molecular formula is C38H44N6O4. The minimum absolute atomic E-state index is 0.208. The molecule has 0 spiro atoms. The van der Waals surface area contributed by atoms with Crippen molar-refractivity contribution in [3.8, 4) is 11.1 Å². The van der Waals surface area contributed by atoms with Crippen LogP contribution in [0.25, 0.3) is 11.1 Å². The molecule has 2 aromatic carbocycles. The predicted octanol–water partition coefficient (Wildman–Crippen LogP) is 5.18. The maximum Gasteiger partial charge on any atom is 0.274 e. The van der Waals surface area contributed by atoms with Gasteiger partial charge in [0, 0.05) is 63.0 Å². The van der Waals surface area contributed by atoms with Gasteiger partial charge in [0.25, 0.3) is 11.8 Å². The maximum atomic E-state index is 13.2. The molecule has 0 unspecified atom stereocenters. The molecule has 0 saturated carbocycles. The Morgan fingerprint density at radius 1 is 0.646 bits per heavy atom. The van der Waals surface area contributed by atoms with Crippen molar-refractivity contribution in [1.82, 2.24) is 19.8 Å². The van der Waals surface area contributed by atoms with Crippen LogP contribution in [0.3, 0.4) is 0 Å². The zero-order chi connectivity index (χ0) is 33.6. The first-order valence-electron chi connectivity index (χ1n) is 16.8. The highest BCUT2D eigenvalue weighted by molar-refractivity contribution is 6.05. The number of hydrogen-bond donors (Lipinski definition) is 4. The van der Waals surface area contributed by atoms with Crippen molar-refractivity contribution in [2.75, 3.05) is 36.8 Å². The summed E-state index contributed by atoms with van der Waals surface area (Å²) in [6.07, 6.45) is 6.21. The van der Waals surface area contributed by atoms with Crippen molar-refractivity contribution in [2.45, 2.75) is 64.8 Å². The molecular weight excluding hydrogens is 604 g/mol. The van der Waals surface area contributed by atoms with Gasteiger partial charge in [0.15, 0.2) is 0 Å². The molecule has 0 radical (unpaired) electrons. The fourth-order valence-electron chi connectivity index (χ4n) is 6.47. The van der Waals surface area contributed by atoms with Crippen LogP contribution in [-0.2, 0) is 13.1 Å². The van der Waals surface area contributed by atoms with Gasteiger partial charge in [-0.2, -0.15) is 0 Å². The molecule has 0 aliphatic carbocycles. The van der Waals surface area contributed by atoms with Crippen LogP contribution in [0.4, 0.5) is 11.4 Å². The number of benzene rings is 2. The number of aromatic nitrogens is 2. The Balaban J connectivity index is 1.10. The third-order valence-corrected chi connectivity index (χ3v) is 9.50. The van der Waals surface area contributed by atoms with E-state index in [2.05, 4.69) is 30.4 Å². The highest BCUT2D eigenvalue weighted by Gasteiger charge is 2.20. The summed E-state index contributed by atoms with van der Waals surface area (Å²) in [5.41, 5.74) is 7.83. The first-order chi connectivity index (χ1) is 23.2. The third kappa shape index (κ3) is 8.14. The molecule has 0 bridgehead atoms. The number of nitrogens with zero attached hydrogens (tertiary/aromatic N) is 4. The molecule has 48 heavy (non-hydrogen) atoms. The molecule has 2 amide bonds. The average molecular weight is 649 g/mol. The molecule has 2 aliphatic heterocycles. The van der Waals surface area contributed by atoms with E-state index in [1.54, 1.807) is 24.5 Å². The highest BCUT2D eigenvalue weighted by atomic mass is 16.3. The normalized spacial score (nSPS) is 16.5. The summed E-state index contributed by atoms with van der Waals surface area (Å²) >= 11 is 0. The number of aliphatic hydroxyl groups is 2. The zero-order valence-corrected chi connectivity index (χ0v) is 27.7. The van der Waals surface area contributed by atoms with E-state index in [1.165, 1.54) is 0 Å². The standard InChI is InChI=1S/C38H44N6O4/c1-25-31(5-3-7-33(25)41-37(47)35-11-9-27(21-39-35)23-43-17-13-29(45)14-18-43)32-6-4-8-34(26(32)2)42-38(48)36-12-10-28(22-40-36)24-44-19-15-30(46)16-20-44/h3-12,21-22,29-30,45-46H,13-20,23-24H2,1-2H3,(H,41,47)(H,42,48). The van der Waals surface area contributed by atoms with Gasteiger partial charge in [-0.05, 0) is 97.2 Å². The number of pyridine rings is 2. The molecule has 2 aliphatic rings. The van der Waals surface area contributed by atoms with E-state index < -0.39 is 0 Å². The zero-order valence-electron chi connectivity index (χ0n) is 27.7. The van der Waals surface area contributed by atoms with E-state index in [4.69, 9.17) is 0 Å². The molecule has 2 saturated heterocycles. The molecule has 10 heteroatoms. The molecule has 2 fully saturated rings. The van der Waals surface area contributed by atoms with Crippen LogP contribution in [0.2, 0.25) is 0 Å². The quantitative estimate of drug-likeness (QED) is 0.195. The largest absolute Gasteiger partial charge is 0.393 e. The molecule has 10 nitrogen and oxygen atoms in total. The number of anilines is 2. The Morgan fingerprint density at radius 2 is 1.04 bits per heavy atom. The van der Waals surface area contributed by atoms with Crippen LogP contribution < -0.4 is 10.6 Å². The second kappa shape index (κ2) is 15.2. The SMILES string of the molecule is Cc1c(NC(=O)c2ccc(CN3CCC(O)CC3)cn2)cccc1-c1cccc(NC(=O)c2ccc(CN3CCC(O)CC3)cn2)c1C. The lowest BCUT2D eigenvalue weighted by Crippen LogP contribution is -2.35. The number of rotatable bonds is 9. The molecule has 4 N–H and O–H groups in total. The van der Waals surface area contributed by atoms with Crippen LogP contribution in [0.1, 0.15) is 68.9 Å². The lowest BCUT2D eigenvalue weighted by atomic mass is 9.94. The lowest BCUT2D eigenvalue weighted by molar-refractivity contribution is 0.0790. The summed E-state index contributed by atoms with van der Waals surface area (Å²) in [5, 5.41) is 25.6.